The number of pyridine rings is 1. The minimum absolute atomic E-state index is 0.122. The van der Waals surface area contributed by atoms with Crippen molar-refractivity contribution in [3.63, 3.8) is 0 Å². The second-order valence-electron chi connectivity index (χ2n) is 4.34. The third-order valence-corrected chi connectivity index (χ3v) is 4.52. The Labute approximate surface area is 122 Å². The fourth-order valence-corrected chi connectivity index (χ4v) is 3.07. The first-order chi connectivity index (χ1) is 9.49. The van der Waals surface area contributed by atoms with Gasteiger partial charge in [0.1, 0.15) is 5.15 Å². The van der Waals surface area contributed by atoms with Crippen molar-refractivity contribution in [2.24, 2.45) is 0 Å². The van der Waals surface area contributed by atoms with Gasteiger partial charge in [-0.1, -0.05) is 11.6 Å². The van der Waals surface area contributed by atoms with Crippen molar-refractivity contribution in [3.8, 4) is 0 Å². The molecule has 0 aliphatic carbocycles. The normalized spacial score (nSPS) is 11.7. The monoisotopic (exact) mass is 314 g/mol. The highest BCUT2D eigenvalue weighted by atomic mass is 35.5. The number of hydrogen-bond donors (Lipinski definition) is 2. The van der Waals surface area contributed by atoms with Crippen LogP contribution >= 0.6 is 11.6 Å². The summed E-state index contributed by atoms with van der Waals surface area (Å²) >= 11 is 5.68. The number of hydrogen-bond acceptors (Lipinski definition) is 4. The van der Waals surface area contributed by atoms with E-state index < -0.39 is 10.0 Å². The summed E-state index contributed by atoms with van der Waals surface area (Å²) in [7, 11) is -3.53. The molecular formula is C12H15ClN4O2S. The molecule has 0 radical (unpaired) electrons. The highest BCUT2D eigenvalue weighted by Gasteiger charge is 2.13. The van der Waals surface area contributed by atoms with Crippen molar-refractivity contribution in [2.45, 2.75) is 24.7 Å². The van der Waals surface area contributed by atoms with Gasteiger partial charge in [0.2, 0.25) is 10.0 Å². The maximum atomic E-state index is 12.0. The molecule has 0 aromatic carbocycles. The molecule has 6 nitrogen and oxygen atoms in total. The molecule has 0 amide bonds. The van der Waals surface area contributed by atoms with Crippen LogP contribution in [0.1, 0.15) is 17.7 Å². The van der Waals surface area contributed by atoms with Gasteiger partial charge in [-0.25, -0.2) is 18.1 Å². The Morgan fingerprint density at radius 1 is 1.45 bits per heavy atom. The Morgan fingerprint density at radius 3 is 2.90 bits per heavy atom. The van der Waals surface area contributed by atoms with E-state index in [2.05, 4.69) is 19.9 Å². The zero-order chi connectivity index (χ0) is 14.6. The van der Waals surface area contributed by atoms with Gasteiger partial charge in [0, 0.05) is 18.4 Å². The number of nitrogens with zero attached hydrogens (tertiary/aromatic N) is 2. The molecule has 2 aromatic heterocycles. The fraction of sp³-hybridized carbons (Fsp3) is 0.333. The lowest BCUT2D eigenvalue weighted by Crippen LogP contribution is -2.25. The summed E-state index contributed by atoms with van der Waals surface area (Å²) in [6.45, 7) is 2.29. The van der Waals surface area contributed by atoms with E-state index in [-0.39, 0.29) is 10.0 Å². The molecule has 8 heteroatoms. The maximum absolute atomic E-state index is 12.0. The van der Waals surface area contributed by atoms with Gasteiger partial charge >= 0.3 is 0 Å². The van der Waals surface area contributed by atoms with Gasteiger partial charge in [-0.2, -0.15) is 5.10 Å². The molecule has 0 saturated heterocycles. The number of halogens is 1. The van der Waals surface area contributed by atoms with Crippen LogP contribution < -0.4 is 4.72 Å². The van der Waals surface area contributed by atoms with Crippen molar-refractivity contribution in [1.29, 1.82) is 0 Å². The van der Waals surface area contributed by atoms with Gasteiger partial charge < -0.3 is 0 Å². The van der Waals surface area contributed by atoms with Gasteiger partial charge in [0.15, 0.2) is 0 Å². The number of rotatable bonds is 6. The summed E-state index contributed by atoms with van der Waals surface area (Å²) in [4.78, 5) is 3.88. The molecule has 2 rings (SSSR count). The zero-order valence-corrected chi connectivity index (χ0v) is 12.5. The highest BCUT2D eigenvalue weighted by molar-refractivity contribution is 7.89. The molecule has 2 N–H and O–H groups in total. The molecule has 2 aromatic rings. The first kappa shape index (κ1) is 15.0. The van der Waals surface area contributed by atoms with E-state index in [1.165, 1.54) is 18.3 Å². The lowest BCUT2D eigenvalue weighted by Gasteiger charge is -2.06. The molecule has 0 fully saturated rings. The van der Waals surface area contributed by atoms with Gasteiger partial charge in [-0.05, 0) is 37.5 Å². The smallest absolute Gasteiger partial charge is 0.240 e. The van der Waals surface area contributed by atoms with Crippen molar-refractivity contribution >= 4 is 21.6 Å². The van der Waals surface area contributed by atoms with E-state index in [0.29, 0.717) is 13.0 Å². The molecule has 108 valence electrons. The van der Waals surface area contributed by atoms with Crippen molar-refractivity contribution in [2.75, 3.05) is 6.54 Å². The number of nitrogens with one attached hydrogen (secondary N) is 2. The van der Waals surface area contributed by atoms with Gasteiger partial charge in [0.05, 0.1) is 11.1 Å². The van der Waals surface area contributed by atoms with Crippen LogP contribution in [0.2, 0.25) is 5.15 Å². The molecule has 0 bridgehead atoms. The Bertz CT molecular complexity index is 684. The summed E-state index contributed by atoms with van der Waals surface area (Å²) in [5, 5.41) is 6.92. The summed E-state index contributed by atoms with van der Waals surface area (Å²) < 4.78 is 26.5. The van der Waals surface area contributed by atoms with E-state index >= 15 is 0 Å². The fourth-order valence-electron chi connectivity index (χ4n) is 1.75. The van der Waals surface area contributed by atoms with Crippen LogP contribution in [0.3, 0.4) is 0 Å². The molecule has 0 spiro atoms. The second kappa shape index (κ2) is 6.34. The zero-order valence-electron chi connectivity index (χ0n) is 10.9. The Balaban J connectivity index is 1.89. The van der Waals surface area contributed by atoms with E-state index in [9.17, 15) is 8.42 Å². The van der Waals surface area contributed by atoms with Gasteiger partial charge in [-0.15, -0.1) is 0 Å². The van der Waals surface area contributed by atoms with E-state index in [1.807, 2.05) is 6.92 Å². The average molecular weight is 315 g/mol. The summed E-state index contributed by atoms with van der Waals surface area (Å²) in [5.74, 6) is 0. The van der Waals surface area contributed by atoms with Crippen molar-refractivity contribution < 1.29 is 8.42 Å². The molecule has 0 atom stereocenters. The average Bonchev–Trinajstić information content (AvgIpc) is 2.80. The standard InChI is InChI=1S/C12H15ClN4O2S/c1-9-10(8-15-17-9)3-2-5-16-20(18,19)11-4-6-14-12(13)7-11/h4,6-8,16H,2-3,5H2,1H3,(H,15,17). The highest BCUT2D eigenvalue weighted by Crippen LogP contribution is 2.12. The number of aromatic amines is 1. The van der Waals surface area contributed by atoms with E-state index in [4.69, 9.17) is 11.6 Å². The van der Waals surface area contributed by atoms with Crippen LogP contribution in [0.5, 0.6) is 0 Å². The van der Waals surface area contributed by atoms with Crippen LogP contribution in [0.4, 0.5) is 0 Å². The largest absolute Gasteiger partial charge is 0.283 e. The lowest BCUT2D eigenvalue weighted by atomic mass is 10.1. The number of aryl methyl sites for hydroxylation is 2. The number of H-pyrrole nitrogens is 1. The van der Waals surface area contributed by atoms with Crippen LogP contribution in [0.25, 0.3) is 0 Å². The third-order valence-electron chi connectivity index (χ3n) is 2.86. The predicted molar refractivity (Wildman–Crippen MR) is 76.1 cm³/mol. The molecular weight excluding hydrogens is 300 g/mol. The van der Waals surface area contributed by atoms with Crippen molar-refractivity contribution in [1.82, 2.24) is 19.9 Å². The summed E-state index contributed by atoms with van der Waals surface area (Å²) in [6.07, 6.45) is 4.58. The van der Waals surface area contributed by atoms with Crippen LogP contribution in [0.15, 0.2) is 29.4 Å². The summed E-state index contributed by atoms with van der Waals surface area (Å²) in [5.41, 5.74) is 2.10. The minimum Gasteiger partial charge on any atom is -0.283 e. The van der Waals surface area contributed by atoms with Gasteiger partial charge in [-0.3, -0.25) is 5.10 Å². The van der Waals surface area contributed by atoms with Gasteiger partial charge in [0.25, 0.3) is 0 Å². The Hall–Kier alpha value is -1.44. The SMILES string of the molecule is Cc1[nH]ncc1CCCNS(=O)(=O)c1ccnc(Cl)c1. The first-order valence-electron chi connectivity index (χ1n) is 6.09. The number of sulfonamides is 1. The molecule has 0 aliphatic heterocycles. The van der Waals surface area contributed by atoms with E-state index in [1.54, 1.807) is 6.20 Å². The molecule has 0 saturated carbocycles. The second-order valence-corrected chi connectivity index (χ2v) is 6.49. The predicted octanol–water partition coefficient (Wildman–Crippen LogP) is 1.68. The molecule has 20 heavy (non-hydrogen) atoms. The topological polar surface area (TPSA) is 87.7 Å². The van der Waals surface area contributed by atoms with Crippen LogP contribution in [-0.4, -0.2) is 30.1 Å². The van der Waals surface area contributed by atoms with E-state index in [0.717, 1.165) is 17.7 Å². The molecule has 0 aliphatic rings. The van der Waals surface area contributed by atoms with Crippen LogP contribution in [0, 0.1) is 6.92 Å². The van der Waals surface area contributed by atoms with Crippen LogP contribution in [-0.2, 0) is 16.4 Å². The lowest BCUT2D eigenvalue weighted by molar-refractivity contribution is 0.579. The maximum Gasteiger partial charge on any atom is 0.240 e. The third kappa shape index (κ3) is 3.78. The Kier molecular flexibility index (Phi) is 4.74. The summed E-state index contributed by atoms with van der Waals surface area (Å²) in [6, 6.07) is 2.73. The van der Waals surface area contributed by atoms with Crippen molar-refractivity contribution in [3.05, 3.63) is 40.9 Å². The first-order valence-corrected chi connectivity index (χ1v) is 7.95. The Morgan fingerprint density at radius 2 is 2.25 bits per heavy atom. The molecule has 0 unspecified atom stereocenters. The quantitative estimate of drug-likeness (QED) is 0.627. The minimum atomic E-state index is -3.53. The number of aromatic nitrogens is 3. The molecule has 2 heterocycles.